The molecule has 2 N–H and O–H groups in total. The fourth-order valence-corrected chi connectivity index (χ4v) is 2.04. The molecule has 1 aliphatic rings. The Kier molecular flexibility index (Phi) is 5.18. The minimum Gasteiger partial charge on any atom is -0.392 e. The molecule has 4 nitrogen and oxygen atoms in total. The summed E-state index contributed by atoms with van der Waals surface area (Å²) in [5.41, 5.74) is 0.0328. The van der Waals surface area contributed by atoms with Gasteiger partial charge in [-0.15, -0.1) is 0 Å². The second-order valence-electron chi connectivity index (χ2n) is 5.38. The third-order valence-electron chi connectivity index (χ3n) is 3.78. The Hall–Kier alpha value is -0.160. The number of hydrogen-bond donors (Lipinski definition) is 2. The standard InChI is InChI=1S/C12H26N2O2/c1-12(2)10(9-11(12)15)13-5-6-14(3)7-8-16-4/h10-11,13,15H,5-9H2,1-4H3. The Morgan fingerprint density at radius 3 is 2.62 bits per heavy atom. The maximum Gasteiger partial charge on any atom is 0.0621 e. The van der Waals surface area contributed by atoms with E-state index in [0.29, 0.717) is 6.04 Å². The van der Waals surface area contributed by atoms with Crippen LogP contribution in [0.25, 0.3) is 0 Å². The normalized spacial score (nSPS) is 28.1. The van der Waals surface area contributed by atoms with E-state index < -0.39 is 0 Å². The molecular formula is C12H26N2O2. The number of ether oxygens (including phenoxy) is 1. The summed E-state index contributed by atoms with van der Waals surface area (Å²) in [4.78, 5) is 2.25. The molecule has 1 saturated carbocycles. The maximum absolute atomic E-state index is 9.60. The van der Waals surface area contributed by atoms with E-state index in [4.69, 9.17) is 4.74 Å². The van der Waals surface area contributed by atoms with Gasteiger partial charge in [-0.2, -0.15) is 0 Å². The van der Waals surface area contributed by atoms with E-state index in [0.717, 1.165) is 32.7 Å². The minimum absolute atomic E-state index is 0.0328. The fraction of sp³-hybridized carbons (Fsp3) is 1.00. The molecule has 2 atom stereocenters. The zero-order chi connectivity index (χ0) is 12.2. The number of rotatable bonds is 7. The zero-order valence-electron chi connectivity index (χ0n) is 11.0. The van der Waals surface area contributed by atoms with Crippen LogP contribution >= 0.6 is 0 Å². The molecule has 2 unspecified atom stereocenters. The number of nitrogens with zero attached hydrogens (tertiary/aromatic N) is 1. The van der Waals surface area contributed by atoms with Crippen LogP contribution in [-0.2, 0) is 4.74 Å². The molecule has 0 aromatic rings. The maximum atomic E-state index is 9.60. The van der Waals surface area contributed by atoms with Crippen LogP contribution in [0.4, 0.5) is 0 Å². The molecule has 0 spiro atoms. The first-order valence-corrected chi connectivity index (χ1v) is 6.07. The highest BCUT2D eigenvalue weighted by atomic mass is 16.5. The largest absolute Gasteiger partial charge is 0.392 e. The lowest BCUT2D eigenvalue weighted by Gasteiger charge is -2.49. The van der Waals surface area contributed by atoms with Crippen LogP contribution in [0.5, 0.6) is 0 Å². The number of nitrogens with one attached hydrogen (secondary N) is 1. The molecule has 0 saturated heterocycles. The summed E-state index contributed by atoms with van der Waals surface area (Å²) in [6.07, 6.45) is 0.741. The highest BCUT2D eigenvalue weighted by Crippen LogP contribution is 2.40. The first-order valence-electron chi connectivity index (χ1n) is 6.07. The van der Waals surface area contributed by atoms with Crippen molar-refractivity contribution in [3.8, 4) is 0 Å². The lowest BCUT2D eigenvalue weighted by molar-refractivity contribution is -0.0725. The molecule has 1 fully saturated rings. The molecule has 0 radical (unpaired) electrons. The highest BCUT2D eigenvalue weighted by molar-refractivity contribution is 5.01. The SMILES string of the molecule is COCCN(C)CCNC1CC(O)C1(C)C. The van der Waals surface area contributed by atoms with Crippen LogP contribution in [0.1, 0.15) is 20.3 Å². The third-order valence-corrected chi connectivity index (χ3v) is 3.78. The number of aliphatic hydroxyl groups is 1. The first kappa shape index (κ1) is 13.9. The molecule has 4 heteroatoms. The van der Waals surface area contributed by atoms with E-state index in [2.05, 4.69) is 31.1 Å². The van der Waals surface area contributed by atoms with Gasteiger partial charge in [0.2, 0.25) is 0 Å². The predicted molar refractivity (Wildman–Crippen MR) is 65.6 cm³/mol. The van der Waals surface area contributed by atoms with Gasteiger partial charge in [0.05, 0.1) is 12.7 Å². The summed E-state index contributed by atoms with van der Waals surface area (Å²) in [7, 11) is 3.83. The van der Waals surface area contributed by atoms with Crippen LogP contribution in [0.2, 0.25) is 0 Å². The summed E-state index contributed by atoms with van der Waals surface area (Å²) in [6.45, 7) is 7.98. The van der Waals surface area contributed by atoms with Crippen molar-refractivity contribution in [2.24, 2.45) is 5.41 Å². The lowest BCUT2D eigenvalue weighted by atomic mass is 9.64. The third kappa shape index (κ3) is 3.42. The average Bonchev–Trinajstić information content (AvgIpc) is 2.25. The molecule has 0 bridgehead atoms. The van der Waals surface area contributed by atoms with Crippen molar-refractivity contribution in [1.29, 1.82) is 0 Å². The van der Waals surface area contributed by atoms with Crippen LogP contribution < -0.4 is 5.32 Å². The lowest BCUT2D eigenvalue weighted by Crippen LogP contribution is -2.60. The van der Waals surface area contributed by atoms with Crippen molar-refractivity contribution in [1.82, 2.24) is 10.2 Å². The number of likely N-dealkylation sites (N-methyl/N-ethyl adjacent to an activating group) is 1. The van der Waals surface area contributed by atoms with E-state index in [9.17, 15) is 5.11 Å². The predicted octanol–water partition coefficient (Wildman–Crippen LogP) is 0.314. The van der Waals surface area contributed by atoms with E-state index in [1.165, 1.54) is 0 Å². The summed E-state index contributed by atoms with van der Waals surface area (Å²) in [5.74, 6) is 0. The Balaban J connectivity index is 2.08. The zero-order valence-corrected chi connectivity index (χ0v) is 11.0. The van der Waals surface area contributed by atoms with Crippen molar-refractivity contribution in [3.63, 3.8) is 0 Å². The molecule has 0 aliphatic heterocycles. The molecular weight excluding hydrogens is 204 g/mol. The smallest absolute Gasteiger partial charge is 0.0621 e. The van der Waals surface area contributed by atoms with Gasteiger partial charge >= 0.3 is 0 Å². The Morgan fingerprint density at radius 1 is 1.44 bits per heavy atom. The van der Waals surface area contributed by atoms with E-state index >= 15 is 0 Å². The van der Waals surface area contributed by atoms with Crippen LogP contribution in [0.3, 0.4) is 0 Å². The topological polar surface area (TPSA) is 44.7 Å². The van der Waals surface area contributed by atoms with Crippen molar-refractivity contribution >= 4 is 0 Å². The minimum atomic E-state index is -0.142. The molecule has 16 heavy (non-hydrogen) atoms. The summed E-state index contributed by atoms with van der Waals surface area (Å²) < 4.78 is 5.02. The van der Waals surface area contributed by atoms with Gasteiger partial charge in [0.1, 0.15) is 0 Å². The number of methoxy groups -OCH3 is 1. The van der Waals surface area contributed by atoms with Gasteiger partial charge in [-0.25, -0.2) is 0 Å². The van der Waals surface area contributed by atoms with Crippen LogP contribution in [-0.4, -0.2) is 62.6 Å². The van der Waals surface area contributed by atoms with E-state index in [1.807, 2.05) is 0 Å². The van der Waals surface area contributed by atoms with Crippen LogP contribution in [0.15, 0.2) is 0 Å². The molecule has 96 valence electrons. The van der Waals surface area contributed by atoms with Gasteiger partial charge in [-0.1, -0.05) is 13.8 Å². The monoisotopic (exact) mass is 230 g/mol. The van der Waals surface area contributed by atoms with Crippen molar-refractivity contribution in [2.45, 2.75) is 32.4 Å². The Bertz CT molecular complexity index is 209. The number of hydrogen-bond acceptors (Lipinski definition) is 4. The molecule has 1 aliphatic carbocycles. The van der Waals surface area contributed by atoms with Gasteiger partial charge in [0.15, 0.2) is 0 Å². The van der Waals surface area contributed by atoms with Gasteiger partial charge in [0.25, 0.3) is 0 Å². The molecule has 0 heterocycles. The van der Waals surface area contributed by atoms with Gasteiger partial charge in [-0.3, -0.25) is 0 Å². The Morgan fingerprint density at radius 2 is 2.12 bits per heavy atom. The van der Waals surface area contributed by atoms with Gasteiger partial charge < -0.3 is 20.1 Å². The van der Waals surface area contributed by atoms with Crippen molar-refractivity contribution < 1.29 is 9.84 Å². The van der Waals surface area contributed by atoms with Crippen molar-refractivity contribution in [2.75, 3.05) is 40.4 Å². The summed E-state index contributed by atoms with van der Waals surface area (Å²) in [5, 5.41) is 13.1. The molecule has 0 aromatic heterocycles. The molecule has 0 amide bonds. The van der Waals surface area contributed by atoms with E-state index in [1.54, 1.807) is 7.11 Å². The second-order valence-corrected chi connectivity index (χ2v) is 5.38. The second kappa shape index (κ2) is 5.96. The highest BCUT2D eigenvalue weighted by Gasteiger charge is 2.46. The average molecular weight is 230 g/mol. The number of aliphatic hydroxyl groups excluding tert-OH is 1. The Labute approximate surface area is 99.0 Å². The first-order chi connectivity index (χ1) is 7.48. The molecule has 0 aromatic carbocycles. The van der Waals surface area contributed by atoms with Gasteiger partial charge in [-0.05, 0) is 13.5 Å². The van der Waals surface area contributed by atoms with Gasteiger partial charge in [0, 0.05) is 38.2 Å². The quantitative estimate of drug-likeness (QED) is 0.661. The summed E-state index contributed by atoms with van der Waals surface area (Å²) in [6, 6.07) is 0.457. The van der Waals surface area contributed by atoms with Crippen molar-refractivity contribution in [3.05, 3.63) is 0 Å². The fourth-order valence-electron chi connectivity index (χ4n) is 2.04. The van der Waals surface area contributed by atoms with E-state index in [-0.39, 0.29) is 11.5 Å². The summed E-state index contributed by atoms with van der Waals surface area (Å²) >= 11 is 0. The molecule has 1 rings (SSSR count). The van der Waals surface area contributed by atoms with Crippen LogP contribution in [0, 0.1) is 5.41 Å².